The number of benzene rings is 1. The molecule has 1 aromatic carbocycles. The Morgan fingerprint density at radius 2 is 1.79 bits per heavy atom. The second-order valence-corrected chi connectivity index (χ2v) is 5.29. The van der Waals surface area contributed by atoms with Crippen LogP contribution in [0.15, 0.2) is 47.1 Å². The molecule has 1 heterocycles. The van der Waals surface area contributed by atoms with Crippen molar-refractivity contribution in [3.8, 4) is 0 Å². The van der Waals surface area contributed by atoms with Crippen molar-refractivity contribution in [2.24, 2.45) is 0 Å². The SMILES string of the molecule is C[C@H](OC(=O)c1ccc(NC(=O)c2ccco2)cc1)C(=O)N(C)C. The van der Waals surface area contributed by atoms with Gasteiger partial charge in [0.05, 0.1) is 11.8 Å². The van der Waals surface area contributed by atoms with Crippen LogP contribution in [0, 0.1) is 0 Å². The number of carbonyl (C=O) groups is 3. The fourth-order valence-corrected chi connectivity index (χ4v) is 1.93. The highest BCUT2D eigenvalue weighted by Crippen LogP contribution is 2.13. The Labute approximate surface area is 139 Å². The smallest absolute Gasteiger partial charge is 0.338 e. The molecule has 7 nitrogen and oxygen atoms in total. The van der Waals surface area contributed by atoms with E-state index in [1.165, 1.54) is 30.2 Å². The van der Waals surface area contributed by atoms with E-state index in [1.807, 2.05) is 0 Å². The first-order chi connectivity index (χ1) is 11.4. The molecule has 0 saturated carbocycles. The van der Waals surface area contributed by atoms with Gasteiger partial charge in [-0.05, 0) is 43.3 Å². The van der Waals surface area contributed by atoms with Crippen LogP contribution >= 0.6 is 0 Å². The molecule has 0 aliphatic heterocycles. The number of hydrogen-bond acceptors (Lipinski definition) is 5. The Morgan fingerprint density at radius 1 is 1.12 bits per heavy atom. The van der Waals surface area contributed by atoms with E-state index in [1.54, 1.807) is 38.4 Å². The van der Waals surface area contributed by atoms with Gasteiger partial charge in [-0.25, -0.2) is 4.79 Å². The molecule has 0 spiro atoms. The molecule has 2 rings (SSSR count). The predicted octanol–water partition coefficient (Wildman–Crippen LogP) is 2.17. The summed E-state index contributed by atoms with van der Waals surface area (Å²) in [5, 5.41) is 2.64. The lowest BCUT2D eigenvalue weighted by atomic mass is 10.2. The zero-order valence-electron chi connectivity index (χ0n) is 13.6. The fraction of sp³-hybridized carbons (Fsp3) is 0.235. The first kappa shape index (κ1) is 17.3. The molecule has 0 saturated heterocycles. The molecule has 2 aromatic rings. The van der Waals surface area contributed by atoms with Crippen LogP contribution in [-0.2, 0) is 9.53 Å². The zero-order chi connectivity index (χ0) is 17.7. The average Bonchev–Trinajstić information content (AvgIpc) is 3.09. The number of amides is 2. The van der Waals surface area contributed by atoms with E-state index < -0.39 is 12.1 Å². The molecular formula is C17H18N2O5. The lowest BCUT2D eigenvalue weighted by Gasteiger charge is -2.17. The summed E-state index contributed by atoms with van der Waals surface area (Å²) in [7, 11) is 3.17. The van der Waals surface area contributed by atoms with Gasteiger partial charge >= 0.3 is 5.97 Å². The summed E-state index contributed by atoms with van der Waals surface area (Å²) >= 11 is 0. The Bertz CT molecular complexity index is 720. The van der Waals surface area contributed by atoms with Crippen LogP contribution in [0.4, 0.5) is 5.69 Å². The summed E-state index contributed by atoms with van der Waals surface area (Å²) in [6.45, 7) is 1.51. The number of rotatable bonds is 5. The molecule has 7 heteroatoms. The Morgan fingerprint density at radius 3 is 2.33 bits per heavy atom. The standard InChI is InChI=1S/C17H18N2O5/c1-11(16(21)19(2)3)24-17(22)12-6-8-13(9-7-12)18-15(20)14-5-4-10-23-14/h4-11H,1-3H3,(H,18,20)/t11-/m0/s1. The highest BCUT2D eigenvalue weighted by molar-refractivity contribution is 6.02. The van der Waals surface area contributed by atoms with Crippen LogP contribution in [-0.4, -0.2) is 42.9 Å². The molecule has 2 amide bonds. The molecule has 0 fully saturated rings. The van der Waals surface area contributed by atoms with E-state index >= 15 is 0 Å². The molecule has 0 radical (unpaired) electrons. The Hall–Kier alpha value is -3.09. The van der Waals surface area contributed by atoms with Crippen LogP contribution in [0.25, 0.3) is 0 Å². The van der Waals surface area contributed by atoms with Gasteiger partial charge in [-0.3, -0.25) is 9.59 Å². The van der Waals surface area contributed by atoms with Crippen molar-refractivity contribution in [3.63, 3.8) is 0 Å². The van der Waals surface area contributed by atoms with E-state index in [-0.39, 0.29) is 23.1 Å². The van der Waals surface area contributed by atoms with Crippen molar-refractivity contribution in [1.82, 2.24) is 4.90 Å². The highest BCUT2D eigenvalue weighted by Gasteiger charge is 2.20. The van der Waals surface area contributed by atoms with Gasteiger partial charge in [-0.15, -0.1) is 0 Å². The van der Waals surface area contributed by atoms with Crippen molar-refractivity contribution in [2.45, 2.75) is 13.0 Å². The van der Waals surface area contributed by atoms with Gasteiger partial charge in [0.15, 0.2) is 11.9 Å². The molecular weight excluding hydrogens is 312 g/mol. The van der Waals surface area contributed by atoms with Crippen LogP contribution in [0.5, 0.6) is 0 Å². The summed E-state index contributed by atoms with van der Waals surface area (Å²) in [6.07, 6.45) is 0.537. The zero-order valence-corrected chi connectivity index (χ0v) is 13.6. The second-order valence-electron chi connectivity index (χ2n) is 5.29. The van der Waals surface area contributed by atoms with Crippen LogP contribution in [0.3, 0.4) is 0 Å². The first-order valence-electron chi connectivity index (χ1n) is 7.25. The molecule has 1 atom stereocenters. The fourth-order valence-electron chi connectivity index (χ4n) is 1.93. The van der Waals surface area contributed by atoms with Gasteiger partial charge in [-0.2, -0.15) is 0 Å². The highest BCUT2D eigenvalue weighted by atomic mass is 16.5. The van der Waals surface area contributed by atoms with E-state index in [0.29, 0.717) is 5.69 Å². The molecule has 0 aliphatic carbocycles. The summed E-state index contributed by atoms with van der Waals surface area (Å²) in [5.74, 6) is -1.11. The molecule has 0 bridgehead atoms. The maximum absolute atomic E-state index is 12.0. The van der Waals surface area contributed by atoms with E-state index in [2.05, 4.69) is 5.32 Å². The Kier molecular flexibility index (Phi) is 5.36. The number of nitrogens with zero attached hydrogens (tertiary/aromatic N) is 1. The van der Waals surface area contributed by atoms with Gasteiger partial charge < -0.3 is 19.4 Å². The summed E-state index contributed by atoms with van der Waals surface area (Å²) in [6, 6.07) is 9.31. The molecule has 1 aromatic heterocycles. The van der Waals surface area contributed by atoms with Crippen molar-refractivity contribution in [2.75, 3.05) is 19.4 Å². The average molecular weight is 330 g/mol. The topological polar surface area (TPSA) is 88.8 Å². The quantitative estimate of drug-likeness (QED) is 0.849. The first-order valence-corrected chi connectivity index (χ1v) is 7.25. The van der Waals surface area contributed by atoms with Crippen LogP contribution in [0.1, 0.15) is 27.8 Å². The maximum atomic E-state index is 12.0. The number of carbonyl (C=O) groups excluding carboxylic acids is 3. The van der Waals surface area contributed by atoms with Crippen molar-refractivity contribution in [1.29, 1.82) is 0 Å². The number of likely N-dealkylation sites (N-methyl/N-ethyl adjacent to an activating group) is 1. The molecule has 24 heavy (non-hydrogen) atoms. The number of esters is 1. The van der Waals surface area contributed by atoms with E-state index in [0.717, 1.165) is 0 Å². The van der Waals surface area contributed by atoms with Crippen LogP contribution in [0.2, 0.25) is 0 Å². The molecule has 1 N–H and O–H groups in total. The van der Waals surface area contributed by atoms with E-state index in [9.17, 15) is 14.4 Å². The van der Waals surface area contributed by atoms with Crippen molar-refractivity contribution >= 4 is 23.5 Å². The summed E-state index contributed by atoms with van der Waals surface area (Å²) in [5.41, 5.74) is 0.787. The van der Waals surface area contributed by atoms with Crippen molar-refractivity contribution < 1.29 is 23.5 Å². The number of hydrogen-bond donors (Lipinski definition) is 1. The van der Waals surface area contributed by atoms with Gasteiger partial charge in [-0.1, -0.05) is 0 Å². The molecule has 0 unspecified atom stereocenters. The number of furan rings is 1. The van der Waals surface area contributed by atoms with Crippen molar-refractivity contribution in [3.05, 3.63) is 54.0 Å². The third-order valence-electron chi connectivity index (χ3n) is 3.20. The number of anilines is 1. The van der Waals surface area contributed by atoms with Gasteiger partial charge in [0.2, 0.25) is 0 Å². The third kappa shape index (κ3) is 4.22. The van der Waals surface area contributed by atoms with E-state index in [4.69, 9.17) is 9.15 Å². The third-order valence-corrected chi connectivity index (χ3v) is 3.20. The maximum Gasteiger partial charge on any atom is 0.338 e. The summed E-state index contributed by atoms with van der Waals surface area (Å²) in [4.78, 5) is 36.9. The predicted molar refractivity (Wildman–Crippen MR) is 86.7 cm³/mol. The minimum atomic E-state index is -0.870. The van der Waals surface area contributed by atoms with Gasteiger partial charge in [0.1, 0.15) is 0 Å². The largest absolute Gasteiger partial charge is 0.459 e. The van der Waals surface area contributed by atoms with Gasteiger partial charge in [0.25, 0.3) is 11.8 Å². The monoisotopic (exact) mass is 330 g/mol. The number of ether oxygens (including phenoxy) is 1. The second kappa shape index (κ2) is 7.45. The minimum absolute atomic E-state index is 0.189. The van der Waals surface area contributed by atoms with Gasteiger partial charge in [0, 0.05) is 19.8 Å². The van der Waals surface area contributed by atoms with Crippen LogP contribution < -0.4 is 5.32 Å². The lowest BCUT2D eigenvalue weighted by Crippen LogP contribution is -2.34. The lowest BCUT2D eigenvalue weighted by molar-refractivity contribution is -0.137. The minimum Gasteiger partial charge on any atom is -0.459 e. The molecule has 126 valence electrons. The molecule has 0 aliphatic rings. The Balaban J connectivity index is 1.97. The normalized spacial score (nSPS) is 11.5. The summed E-state index contributed by atoms with van der Waals surface area (Å²) < 4.78 is 10.1. The number of nitrogens with one attached hydrogen (secondary N) is 1.